The summed E-state index contributed by atoms with van der Waals surface area (Å²) < 4.78 is 3.50. The average Bonchev–Trinajstić information content (AvgIpc) is 3.26. The molecule has 2 aliphatic heterocycles. The number of hydrogen-bond acceptors (Lipinski definition) is 3. The third-order valence-electron chi connectivity index (χ3n) is 6.27. The second-order valence-electron chi connectivity index (χ2n) is 7.83. The van der Waals surface area contributed by atoms with Gasteiger partial charge in [-0.15, -0.1) is 0 Å². The Morgan fingerprint density at radius 1 is 1.26 bits per heavy atom. The Kier molecular flexibility index (Phi) is 4.34. The fourth-order valence-electron chi connectivity index (χ4n) is 4.94. The molecule has 0 radical (unpaired) electrons. The maximum Gasteiger partial charge on any atom is 0.0970 e. The van der Waals surface area contributed by atoms with Crippen LogP contribution in [0.3, 0.4) is 0 Å². The van der Waals surface area contributed by atoms with Crippen molar-refractivity contribution >= 4 is 26.8 Å². The van der Waals surface area contributed by atoms with Gasteiger partial charge in [0.1, 0.15) is 0 Å². The highest BCUT2D eigenvalue weighted by atomic mass is 79.9. The quantitative estimate of drug-likeness (QED) is 0.669. The highest BCUT2D eigenvalue weighted by molar-refractivity contribution is 9.10. The number of fused-ring (bicyclic) bond motifs is 5. The zero-order valence-corrected chi connectivity index (χ0v) is 17.1. The number of pyridine rings is 1. The Balaban J connectivity index is 1.66. The highest BCUT2D eigenvalue weighted by Gasteiger charge is 2.35. The predicted molar refractivity (Wildman–Crippen MR) is 111 cm³/mol. The summed E-state index contributed by atoms with van der Waals surface area (Å²) in [6.45, 7) is 5.08. The summed E-state index contributed by atoms with van der Waals surface area (Å²) in [6.07, 6.45) is 6.55. The van der Waals surface area contributed by atoms with Gasteiger partial charge in [-0.25, -0.2) is 0 Å². The van der Waals surface area contributed by atoms with Gasteiger partial charge in [0.25, 0.3) is 0 Å². The molecule has 2 aliphatic rings. The normalized spacial score (nSPS) is 20.6. The molecule has 1 fully saturated rings. The zero-order chi connectivity index (χ0) is 18.5. The van der Waals surface area contributed by atoms with Gasteiger partial charge in [-0.2, -0.15) is 0 Å². The summed E-state index contributed by atoms with van der Waals surface area (Å²) in [7, 11) is 0. The van der Waals surface area contributed by atoms with Crippen molar-refractivity contribution in [1.82, 2.24) is 14.5 Å². The third kappa shape index (κ3) is 2.84. The van der Waals surface area contributed by atoms with E-state index in [1.54, 1.807) is 12.4 Å². The van der Waals surface area contributed by atoms with Crippen molar-refractivity contribution in [3.05, 3.63) is 63.5 Å². The van der Waals surface area contributed by atoms with Crippen molar-refractivity contribution in [3.63, 3.8) is 0 Å². The third-order valence-corrected chi connectivity index (χ3v) is 7.13. The fourth-order valence-corrected chi connectivity index (χ4v) is 5.27. The van der Waals surface area contributed by atoms with Gasteiger partial charge in [0.2, 0.25) is 0 Å². The van der Waals surface area contributed by atoms with E-state index in [1.165, 1.54) is 47.1 Å². The molecule has 0 unspecified atom stereocenters. The number of hydrogen-bond donors (Lipinski definition) is 1. The van der Waals surface area contributed by atoms with Crippen LogP contribution in [-0.4, -0.2) is 32.6 Å². The van der Waals surface area contributed by atoms with Crippen molar-refractivity contribution in [2.45, 2.75) is 44.9 Å². The predicted octanol–water partition coefficient (Wildman–Crippen LogP) is 4.53. The molecule has 1 aromatic carbocycles. The molecule has 5 heteroatoms. The molecular formula is C22H24BrN3O. The van der Waals surface area contributed by atoms with Crippen molar-refractivity contribution in [2.75, 3.05) is 13.1 Å². The molecule has 2 aromatic heterocycles. The van der Waals surface area contributed by atoms with E-state index < -0.39 is 6.10 Å². The van der Waals surface area contributed by atoms with E-state index in [9.17, 15) is 5.11 Å². The lowest BCUT2D eigenvalue weighted by Gasteiger charge is -2.31. The lowest BCUT2D eigenvalue weighted by Crippen LogP contribution is -2.31. The minimum atomic E-state index is -0.533. The van der Waals surface area contributed by atoms with Gasteiger partial charge in [-0.3, -0.25) is 9.88 Å². The Bertz CT molecular complexity index is 998. The van der Waals surface area contributed by atoms with E-state index in [0.29, 0.717) is 12.6 Å². The first-order valence-electron chi connectivity index (χ1n) is 9.76. The zero-order valence-electron chi connectivity index (χ0n) is 15.5. The van der Waals surface area contributed by atoms with Crippen molar-refractivity contribution in [3.8, 4) is 0 Å². The second kappa shape index (κ2) is 6.73. The lowest BCUT2D eigenvalue weighted by atomic mass is 9.95. The standard InChI is InChI=1S/C22H24BrN3O/c1-14-11-16-20(12-17(14)23)26(13-21(27)15-4-7-24-8-5-15)19-6-10-25-9-2-3-18(25)22(16)19/h4-5,7-8,11-12,18,21,27H,2-3,6,9-10,13H2,1H3/t18-,21-/m1/s1. The topological polar surface area (TPSA) is 41.3 Å². The van der Waals surface area contributed by atoms with Crippen LogP contribution in [-0.2, 0) is 13.0 Å². The second-order valence-corrected chi connectivity index (χ2v) is 8.68. The summed E-state index contributed by atoms with van der Waals surface area (Å²) in [5.74, 6) is 0. The Labute approximate surface area is 168 Å². The van der Waals surface area contributed by atoms with Crippen LogP contribution in [0.5, 0.6) is 0 Å². The van der Waals surface area contributed by atoms with E-state index in [0.717, 1.165) is 23.0 Å². The molecule has 140 valence electrons. The monoisotopic (exact) mass is 425 g/mol. The maximum absolute atomic E-state index is 10.9. The summed E-state index contributed by atoms with van der Waals surface area (Å²) in [4.78, 5) is 6.71. The van der Waals surface area contributed by atoms with Crippen LogP contribution in [0.15, 0.2) is 41.1 Å². The molecule has 2 atom stereocenters. The first kappa shape index (κ1) is 17.4. The van der Waals surface area contributed by atoms with Crippen LogP contribution in [0.4, 0.5) is 0 Å². The van der Waals surface area contributed by atoms with Gasteiger partial charge < -0.3 is 9.67 Å². The average molecular weight is 426 g/mol. The summed E-state index contributed by atoms with van der Waals surface area (Å²) in [5.41, 5.74) is 6.35. The first-order chi connectivity index (χ1) is 13.1. The number of rotatable bonds is 3. The van der Waals surface area contributed by atoms with Gasteiger partial charge in [0.15, 0.2) is 0 Å². The number of aliphatic hydroxyl groups excluding tert-OH is 1. The minimum Gasteiger partial charge on any atom is -0.387 e. The Hall–Kier alpha value is -1.69. The highest BCUT2D eigenvalue weighted by Crippen LogP contribution is 2.44. The molecule has 4 nitrogen and oxygen atoms in total. The number of aliphatic hydroxyl groups is 1. The summed E-state index contributed by atoms with van der Waals surface area (Å²) in [5, 5.41) is 12.3. The van der Waals surface area contributed by atoms with E-state index in [4.69, 9.17) is 0 Å². The molecule has 3 aromatic rings. The molecular weight excluding hydrogens is 402 g/mol. The summed E-state index contributed by atoms with van der Waals surface area (Å²) >= 11 is 3.72. The van der Waals surface area contributed by atoms with Crippen LogP contribution in [0, 0.1) is 6.92 Å². The lowest BCUT2D eigenvalue weighted by molar-refractivity contribution is 0.155. The minimum absolute atomic E-state index is 0.533. The molecule has 4 heterocycles. The van der Waals surface area contributed by atoms with Crippen molar-refractivity contribution in [1.29, 1.82) is 0 Å². The van der Waals surface area contributed by atoms with Crippen LogP contribution in [0.25, 0.3) is 10.9 Å². The Morgan fingerprint density at radius 3 is 2.89 bits per heavy atom. The van der Waals surface area contributed by atoms with E-state index in [-0.39, 0.29) is 0 Å². The van der Waals surface area contributed by atoms with Gasteiger partial charge >= 0.3 is 0 Å². The van der Waals surface area contributed by atoms with Gasteiger partial charge in [-0.05, 0) is 67.3 Å². The Morgan fingerprint density at radius 2 is 2.07 bits per heavy atom. The molecule has 0 aliphatic carbocycles. The van der Waals surface area contributed by atoms with Crippen LogP contribution < -0.4 is 0 Å². The van der Waals surface area contributed by atoms with Crippen LogP contribution >= 0.6 is 15.9 Å². The van der Waals surface area contributed by atoms with E-state index in [2.05, 4.69) is 49.4 Å². The molecule has 5 rings (SSSR count). The van der Waals surface area contributed by atoms with E-state index in [1.807, 2.05) is 12.1 Å². The van der Waals surface area contributed by atoms with Crippen molar-refractivity contribution < 1.29 is 5.11 Å². The number of benzene rings is 1. The fraction of sp³-hybridized carbons (Fsp3) is 0.409. The van der Waals surface area contributed by atoms with Gasteiger partial charge in [-0.1, -0.05) is 15.9 Å². The van der Waals surface area contributed by atoms with Gasteiger partial charge in [0.05, 0.1) is 12.6 Å². The molecule has 1 saturated heterocycles. The largest absolute Gasteiger partial charge is 0.387 e. The number of aryl methyl sites for hydroxylation is 1. The van der Waals surface area contributed by atoms with E-state index >= 15 is 0 Å². The van der Waals surface area contributed by atoms with Crippen LogP contribution in [0.2, 0.25) is 0 Å². The number of aromatic nitrogens is 2. The maximum atomic E-state index is 10.9. The molecule has 27 heavy (non-hydrogen) atoms. The summed E-state index contributed by atoms with van der Waals surface area (Å²) in [6, 6.07) is 8.91. The molecule has 0 amide bonds. The SMILES string of the molecule is Cc1cc2c3c(n(C[C@@H](O)c4ccncc4)c2cc1Br)CCN1CCC[C@H]31. The van der Waals surface area contributed by atoms with Crippen LogP contribution in [0.1, 0.15) is 47.4 Å². The molecule has 1 N–H and O–H groups in total. The number of nitrogens with zero attached hydrogens (tertiary/aromatic N) is 3. The first-order valence-corrected chi connectivity index (χ1v) is 10.6. The smallest absolute Gasteiger partial charge is 0.0970 e. The number of halogens is 1. The van der Waals surface area contributed by atoms with Gasteiger partial charge in [0, 0.05) is 52.5 Å². The van der Waals surface area contributed by atoms with Crippen molar-refractivity contribution in [2.24, 2.45) is 0 Å². The molecule has 0 spiro atoms. The molecule has 0 bridgehead atoms. The molecule has 0 saturated carbocycles.